The highest BCUT2D eigenvalue weighted by Gasteiger charge is 2.28. The normalized spacial score (nSPS) is 13.4. The van der Waals surface area contributed by atoms with Gasteiger partial charge in [-0.2, -0.15) is 0 Å². The molecule has 0 unspecified atom stereocenters. The molecule has 34 heavy (non-hydrogen) atoms. The first-order valence-electron chi connectivity index (χ1n) is 10.6. The van der Waals surface area contributed by atoms with Crippen LogP contribution in [0.2, 0.25) is 0 Å². The van der Waals surface area contributed by atoms with Crippen LogP contribution >= 0.6 is 0 Å². The summed E-state index contributed by atoms with van der Waals surface area (Å²) in [5.74, 6) is -0.745. The Kier molecular flexibility index (Phi) is 6.66. The highest BCUT2D eigenvalue weighted by atomic mass is 32.2. The largest absolute Gasteiger partial charge is 0.457 e. The van der Waals surface area contributed by atoms with Gasteiger partial charge in [0.05, 0.1) is 17.1 Å². The number of amides is 1. The van der Waals surface area contributed by atoms with Crippen LogP contribution in [0, 0.1) is 0 Å². The van der Waals surface area contributed by atoms with Gasteiger partial charge >= 0.3 is 17.7 Å². The Hall–Kier alpha value is -3.70. The van der Waals surface area contributed by atoms with Crippen molar-refractivity contribution in [1.82, 2.24) is 4.72 Å². The first-order valence-corrected chi connectivity index (χ1v) is 12.0. The summed E-state index contributed by atoms with van der Waals surface area (Å²) in [6.45, 7) is 1.63. The van der Waals surface area contributed by atoms with Crippen molar-refractivity contribution in [2.75, 3.05) is 11.9 Å². The lowest BCUT2D eigenvalue weighted by molar-refractivity contribution is 0.0473. The average Bonchev–Trinajstić information content (AvgIpc) is 3.60. The topological polar surface area (TPSA) is 141 Å². The SMILES string of the molecule is CCOC(=O)Nc1ccc2c(COC(=O)c3cccc(S(=O)(=O)NC4CC4)c3)cc(=O)oc2c1. The summed E-state index contributed by atoms with van der Waals surface area (Å²) in [5, 5.41) is 3.02. The average molecular weight is 487 g/mol. The van der Waals surface area contributed by atoms with Crippen LogP contribution in [-0.4, -0.2) is 33.1 Å². The monoisotopic (exact) mass is 486 g/mol. The molecule has 2 aromatic carbocycles. The molecular formula is C23H22N2O8S. The Balaban J connectivity index is 1.50. The molecule has 1 amide bonds. The highest BCUT2D eigenvalue weighted by Crippen LogP contribution is 2.24. The summed E-state index contributed by atoms with van der Waals surface area (Å²) in [7, 11) is -3.72. The Bertz CT molecular complexity index is 1410. The maximum Gasteiger partial charge on any atom is 0.411 e. The van der Waals surface area contributed by atoms with E-state index in [2.05, 4.69) is 10.0 Å². The first-order chi connectivity index (χ1) is 16.2. The van der Waals surface area contributed by atoms with E-state index >= 15 is 0 Å². The quantitative estimate of drug-likeness (QED) is 0.365. The Morgan fingerprint density at radius 1 is 1.09 bits per heavy atom. The molecule has 0 atom stereocenters. The zero-order chi connectivity index (χ0) is 24.3. The third-order valence-corrected chi connectivity index (χ3v) is 6.51. The fourth-order valence-corrected chi connectivity index (χ4v) is 4.57. The number of hydrogen-bond donors (Lipinski definition) is 2. The van der Waals surface area contributed by atoms with E-state index in [1.165, 1.54) is 36.4 Å². The van der Waals surface area contributed by atoms with Crippen LogP contribution in [0.15, 0.2) is 62.6 Å². The maximum atomic E-state index is 12.6. The number of hydrogen-bond acceptors (Lipinski definition) is 8. The number of esters is 1. The predicted molar refractivity (Wildman–Crippen MR) is 122 cm³/mol. The molecule has 1 saturated carbocycles. The third-order valence-electron chi connectivity index (χ3n) is 4.99. The Labute approximate surface area is 194 Å². The molecule has 1 aliphatic carbocycles. The first kappa shape index (κ1) is 23.5. The number of carbonyl (C=O) groups is 2. The zero-order valence-corrected chi connectivity index (χ0v) is 19.0. The molecule has 2 N–H and O–H groups in total. The Morgan fingerprint density at radius 3 is 2.62 bits per heavy atom. The van der Waals surface area contributed by atoms with Gasteiger partial charge in [-0.1, -0.05) is 6.07 Å². The molecule has 3 aromatic rings. The highest BCUT2D eigenvalue weighted by molar-refractivity contribution is 7.89. The molecule has 0 spiro atoms. The minimum atomic E-state index is -3.72. The second-order valence-corrected chi connectivity index (χ2v) is 9.36. The van der Waals surface area contributed by atoms with Crippen molar-refractivity contribution in [2.24, 2.45) is 0 Å². The summed E-state index contributed by atoms with van der Waals surface area (Å²) >= 11 is 0. The molecule has 1 aromatic heterocycles. The summed E-state index contributed by atoms with van der Waals surface area (Å²) in [6, 6.07) is 11.4. The molecule has 11 heteroatoms. The van der Waals surface area contributed by atoms with Crippen LogP contribution in [-0.2, 0) is 26.1 Å². The summed E-state index contributed by atoms with van der Waals surface area (Å²) in [4.78, 5) is 36.2. The molecule has 1 heterocycles. The number of anilines is 1. The van der Waals surface area contributed by atoms with Crippen LogP contribution in [0.5, 0.6) is 0 Å². The Morgan fingerprint density at radius 2 is 1.88 bits per heavy atom. The van der Waals surface area contributed by atoms with Gasteiger partial charge in [0, 0.05) is 34.8 Å². The maximum absolute atomic E-state index is 12.6. The van der Waals surface area contributed by atoms with Gasteiger partial charge in [-0.05, 0) is 50.1 Å². The molecule has 178 valence electrons. The predicted octanol–water partition coefficient (Wildman–Crippen LogP) is 3.16. The van der Waals surface area contributed by atoms with E-state index in [0.717, 1.165) is 12.8 Å². The summed E-state index contributed by atoms with van der Waals surface area (Å²) < 4.78 is 42.7. The van der Waals surface area contributed by atoms with Crippen molar-refractivity contribution in [1.29, 1.82) is 0 Å². The molecule has 0 aliphatic heterocycles. The van der Waals surface area contributed by atoms with Gasteiger partial charge in [0.15, 0.2) is 0 Å². The standard InChI is InChI=1S/C23H22N2O8S/c1-2-31-23(28)24-17-8-9-19-15(11-21(26)33-20(19)12-17)13-32-22(27)14-4-3-5-18(10-14)34(29,30)25-16-6-7-16/h3-5,8-12,16,25H,2,6-7,13H2,1H3,(H,24,28). The number of ether oxygens (including phenoxy) is 2. The van der Waals surface area contributed by atoms with E-state index in [9.17, 15) is 22.8 Å². The van der Waals surface area contributed by atoms with Gasteiger partial charge in [-0.15, -0.1) is 0 Å². The van der Waals surface area contributed by atoms with Crippen LogP contribution in [0.1, 0.15) is 35.7 Å². The van der Waals surface area contributed by atoms with Crippen LogP contribution < -0.4 is 15.7 Å². The van der Waals surface area contributed by atoms with E-state index in [-0.39, 0.29) is 35.3 Å². The smallest absolute Gasteiger partial charge is 0.411 e. The van der Waals surface area contributed by atoms with Crippen LogP contribution in [0.4, 0.5) is 10.5 Å². The van der Waals surface area contributed by atoms with Crippen LogP contribution in [0.25, 0.3) is 11.0 Å². The molecular weight excluding hydrogens is 464 g/mol. The molecule has 1 aliphatic rings. The number of rotatable bonds is 8. The lowest BCUT2D eigenvalue weighted by Gasteiger charge is -2.10. The van der Waals surface area contributed by atoms with Gasteiger partial charge in [0.2, 0.25) is 10.0 Å². The molecule has 0 bridgehead atoms. The van der Waals surface area contributed by atoms with Crippen molar-refractivity contribution >= 4 is 38.7 Å². The van der Waals surface area contributed by atoms with E-state index in [1.807, 2.05) is 0 Å². The molecule has 10 nitrogen and oxygen atoms in total. The molecule has 4 rings (SSSR count). The van der Waals surface area contributed by atoms with E-state index in [1.54, 1.807) is 19.1 Å². The zero-order valence-electron chi connectivity index (χ0n) is 18.2. The number of nitrogens with one attached hydrogen (secondary N) is 2. The minimum absolute atomic E-state index is 0.0266. The van der Waals surface area contributed by atoms with E-state index in [0.29, 0.717) is 16.6 Å². The van der Waals surface area contributed by atoms with Gasteiger partial charge in [-0.25, -0.2) is 27.5 Å². The lowest BCUT2D eigenvalue weighted by atomic mass is 10.1. The lowest BCUT2D eigenvalue weighted by Crippen LogP contribution is -2.25. The van der Waals surface area contributed by atoms with Gasteiger partial charge in [0.25, 0.3) is 0 Å². The number of fused-ring (bicyclic) bond motifs is 1. The minimum Gasteiger partial charge on any atom is -0.457 e. The second kappa shape index (κ2) is 9.65. The van der Waals surface area contributed by atoms with Crippen molar-refractivity contribution in [3.05, 3.63) is 70.1 Å². The van der Waals surface area contributed by atoms with Crippen LogP contribution in [0.3, 0.4) is 0 Å². The number of carbonyl (C=O) groups excluding carboxylic acids is 2. The van der Waals surface area contributed by atoms with Crippen molar-refractivity contribution in [3.8, 4) is 0 Å². The second-order valence-electron chi connectivity index (χ2n) is 7.65. The summed E-state index contributed by atoms with van der Waals surface area (Å²) in [6.07, 6.45) is 0.937. The molecule has 1 fully saturated rings. The fraction of sp³-hybridized carbons (Fsp3) is 0.261. The van der Waals surface area contributed by atoms with Crippen molar-refractivity contribution in [3.63, 3.8) is 0 Å². The number of benzene rings is 2. The molecule has 0 radical (unpaired) electrons. The third kappa shape index (κ3) is 5.61. The van der Waals surface area contributed by atoms with Gasteiger partial charge in [0.1, 0.15) is 12.2 Å². The van der Waals surface area contributed by atoms with E-state index < -0.39 is 27.7 Å². The van der Waals surface area contributed by atoms with Gasteiger partial charge in [-0.3, -0.25) is 5.32 Å². The van der Waals surface area contributed by atoms with E-state index in [4.69, 9.17) is 13.9 Å². The van der Waals surface area contributed by atoms with Crippen molar-refractivity contribution in [2.45, 2.75) is 37.3 Å². The number of sulfonamides is 1. The van der Waals surface area contributed by atoms with Crippen molar-refractivity contribution < 1.29 is 31.9 Å². The summed E-state index contributed by atoms with van der Waals surface area (Å²) in [5.41, 5.74) is 0.340. The molecule has 0 saturated heterocycles. The fourth-order valence-electron chi connectivity index (χ4n) is 3.22. The van der Waals surface area contributed by atoms with Gasteiger partial charge < -0.3 is 13.9 Å².